The maximum atomic E-state index is 12.5. The number of rotatable bonds is 7. The highest BCUT2D eigenvalue weighted by Gasteiger charge is 2.65. The first-order valence-corrected chi connectivity index (χ1v) is 15.1. The van der Waals surface area contributed by atoms with Crippen LogP contribution in [0.15, 0.2) is 0 Å². The summed E-state index contributed by atoms with van der Waals surface area (Å²) >= 11 is 0. The van der Waals surface area contributed by atoms with Crippen LogP contribution in [0.1, 0.15) is 78.6 Å². The summed E-state index contributed by atoms with van der Waals surface area (Å²) in [6.07, 6.45) is 6.50. The molecule has 0 aromatic rings. The molecule has 212 valence electrons. The highest BCUT2D eigenvalue weighted by atomic mass is 16.5. The Kier molecular flexibility index (Phi) is 8.30. The zero-order valence-electron chi connectivity index (χ0n) is 23.3. The number of fused-ring (bicyclic) bond motifs is 5. The average Bonchev–Trinajstić information content (AvgIpc) is 3.23. The van der Waals surface area contributed by atoms with E-state index in [0.29, 0.717) is 42.6 Å². The first-order chi connectivity index (χ1) is 17.6. The first-order valence-electron chi connectivity index (χ1n) is 15.1. The molecule has 0 amide bonds. The van der Waals surface area contributed by atoms with E-state index in [9.17, 15) is 20.1 Å². The summed E-state index contributed by atoms with van der Waals surface area (Å²) in [6, 6.07) is 0. The van der Waals surface area contributed by atoms with Gasteiger partial charge in [-0.3, -0.25) is 9.69 Å². The predicted molar refractivity (Wildman–Crippen MR) is 141 cm³/mol. The lowest BCUT2D eigenvalue weighted by Crippen LogP contribution is -2.62. The molecular weight excluding hydrogens is 470 g/mol. The third-order valence-corrected chi connectivity index (χ3v) is 12.1. The van der Waals surface area contributed by atoms with Gasteiger partial charge in [-0.05, 0) is 97.7 Å². The van der Waals surface area contributed by atoms with Gasteiger partial charge < -0.3 is 24.8 Å². The summed E-state index contributed by atoms with van der Waals surface area (Å²) < 4.78 is 10.9. The van der Waals surface area contributed by atoms with Gasteiger partial charge in [0.15, 0.2) is 0 Å². The minimum Gasteiger partial charge on any atom is -0.464 e. The number of hydrogen-bond acceptors (Lipinski definition) is 7. The van der Waals surface area contributed by atoms with Crippen molar-refractivity contribution in [2.75, 3.05) is 39.5 Å². The van der Waals surface area contributed by atoms with Crippen molar-refractivity contribution < 1.29 is 29.6 Å². The minimum atomic E-state index is -0.385. The van der Waals surface area contributed by atoms with Gasteiger partial charge in [-0.25, -0.2) is 0 Å². The molecule has 1 heterocycles. The molecule has 7 heteroatoms. The lowest BCUT2D eigenvalue weighted by Gasteiger charge is -2.63. The lowest BCUT2D eigenvalue weighted by molar-refractivity contribution is -0.207. The molecule has 0 aromatic carbocycles. The molecule has 1 saturated heterocycles. The van der Waals surface area contributed by atoms with Gasteiger partial charge in [0.05, 0.1) is 31.5 Å². The molecule has 37 heavy (non-hydrogen) atoms. The molecule has 4 aliphatic carbocycles. The molecule has 3 N–H and O–H groups in total. The molecule has 5 rings (SSSR count). The third kappa shape index (κ3) is 5.13. The van der Waals surface area contributed by atoms with Gasteiger partial charge in [0.1, 0.15) is 6.61 Å². The highest BCUT2D eigenvalue weighted by molar-refractivity contribution is 5.69. The van der Waals surface area contributed by atoms with Crippen molar-refractivity contribution in [2.45, 2.75) is 96.9 Å². The molecule has 0 bridgehead atoms. The van der Waals surface area contributed by atoms with E-state index < -0.39 is 0 Å². The van der Waals surface area contributed by atoms with Crippen molar-refractivity contribution in [3.8, 4) is 0 Å². The lowest BCUT2D eigenvalue weighted by atomic mass is 9.43. The maximum absolute atomic E-state index is 12.5. The third-order valence-electron chi connectivity index (χ3n) is 12.1. The molecule has 5 fully saturated rings. The molecule has 0 aromatic heterocycles. The fraction of sp³-hybridized carbons (Fsp3) is 0.967. The number of morpholine rings is 1. The Morgan fingerprint density at radius 3 is 2.57 bits per heavy atom. The van der Waals surface area contributed by atoms with Crippen LogP contribution in [0.3, 0.4) is 0 Å². The molecule has 0 spiro atoms. The fourth-order valence-electron chi connectivity index (χ4n) is 9.86. The van der Waals surface area contributed by atoms with Crippen molar-refractivity contribution in [2.24, 2.45) is 46.3 Å². The zero-order valence-corrected chi connectivity index (χ0v) is 23.3. The Bertz CT molecular complexity index is 803. The number of carbonyl (C=O) groups is 1. The van der Waals surface area contributed by atoms with E-state index in [2.05, 4.69) is 25.7 Å². The van der Waals surface area contributed by atoms with Crippen LogP contribution in [0.4, 0.5) is 0 Å². The fourth-order valence-corrected chi connectivity index (χ4v) is 9.86. The van der Waals surface area contributed by atoms with Crippen molar-refractivity contribution in [3.63, 3.8) is 0 Å². The quantitative estimate of drug-likeness (QED) is 0.442. The standard InChI is InChI=1S/C30H51NO6/c1-19(4-7-27(35)37-15-12-31-10-13-36-14-11-31)22-5-6-23-28-24(18-26(34)30(22,23)3)29(2)9-8-21(32)16-20(29)17-25(28)33/h19-26,28,32-34H,4-18H2,1-3H3/t19-,20+,21-,22-,23+,24+,25-,26+,28+,29+,30-/m1/s1. The van der Waals surface area contributed by atoms with Crippen LogP contribution in [0, 0.1) is 46.3 Å². The van der Waals surface area contributed by atoms with Crippen LogP contribution in [-0.4, -0.2) is 84.0 Å². The first kappa shape index (κ1) is 27.8. The number of aliphatic hydroxyl groups is 3. The molecule has 11 atom stereocenters. The van der Waals surface area contributed by atoms with Gasteiger partial charge >= 0.3 is 5.97 Å². The topological polar surface area (TPSA) is 99.5 Å². The van der Waals surface area contributed by atoms with Crippen molar-refractivity contribution >= 4 is 5.97 Å². The van der Waals surface area contributed by atoms with E-state index in [4.69, 9.17) is 9.47 Å². The van der Waals surface area contributed by atoms with Gasteiger partial charge in [-0.2, -0.15) is 0 Å². The Morgan fingerprint density at radius 2 is 1.81 bits per heavy atom. The second-order valence-electron chi connectivity index (χ2n) is 13.7. The largest absolute Gasteiger partial charge is 0.464 e. The van der Waals surface area contributed by atoms with Gasteiger partial charge in [0.25, 0.3) is 0 Å². The second-order valence-corrected chi connectivity index (χ2v) is 13.7. The molecule has 1 aliphatic heterocycles. The molecular formula is C30H51NO6. The van der Waals surface area contributed by atoms with Crippen LogP contribution >= 0.6 is 0 Å². The Morgan fingerprint density at radius 1 is 1.05 bits per heavy atom. The van der Waals surface area contributed by atoms with Crippen LogP contribution in [0.25, 0.3) is 0 Å². The molecule has 5 aliphatic rings. The van der Waals surface area contributed by atoms with E-state index in [-0.39, 0.29) is 41.0 Å². The van der Waals surface area contributed by atoms with Crippen molar-refractivity contribution in [1.82, 2.24) is 4.90 Å². The van der Waals surface area contributed by atoms with Gasteiger partial charge in [-0.15, -0.1) is 0 Å². The van der Waals surface area contributed by atoms with Crippen LogP contribution in [-0.2, 0) is 14.3 Å². The number of esters is 1. The molecule has 0 unspecified atom stereocenters. The average molecular weight is 522 g/mol. The van der Waals surface area contributed by atoms with E-state index in [1.807, 2.05) is 0 Å². The Hall–Kier alpha value is -0.730. The Labute approximate surface area is 223 Å². The summed E-state index contributed by atoms with van der Waals surface area (Å²) in [7, 11) is 0. The monoisotopic (exact) mass is 521 g/mol. The predicted octanol–water partition coefficient (Wildman–Crippen LogP) is 3.24. The van der Waals surface area contributed by atoms with E-state index >= 15 is 0 Å². The van der Waals surface area contributed by atoms with Crippen LogP contribution < -0.4 is 0 Å². The molecule has 0 radical (unpaired) electrons. The highest BCUT2D eigenvalue weighted by Crippen LogP contribution is 2.68. The van der Waals surface area contributed by atoms with Gasteiger partial charge in [-0.1, -0.05) is 20.8 Å². The minimum absolute atomic E-state index is 0.0973. The maximum Gasteiger partial charge on any atom is 0.305 e. The number of hydrogen-bond donors (Lipinski definition) is 3. The van der Waals surface area contributed by atoms with E-state index in [0.717, 1.165) is 84.2 Å². The number of ether oxygens (including phenoxy) is 2. The van der Waals surface area contributed by atoms with E-state index in [1.165, 1.54) is 0 Å². The van der Waals surface area contributed by atoms with Gasteiger partial charge in [0, 0.05) is 26.1 Å². The van der Waals surface area contributed by atoms with Crippen LogP contribution in [0.5, 0.6) is 0 Å². The van der Waals surface area contributed by atoms with E-state index in [1.54, 1.807) is 0 Å². The zero-order chi connectivity index (χ0) is 26.4. The number of nitrogens with zero attached hydrogens (tertiary/aromatic N) is 1. The number of aliphatic hydroxyl groups excluding tert-OH is 3. The SMILES string of the molecule is C[C@H](CCC(=O)OCCN1CCOCC1)[C@H]1CC[C@H]2[C@@H]3[C@H](O)C[C@@H]4C[C@H](O)CC[C@]4(C)[C@H]3C[C@H](O)[C@]12C. The summed E-state index contributed by atoms with van der Waals surface area (Å²) in [5, 5.41) is 33.5. The second kappa shape index (κ2) is 11.0. The summed E-state index contributed by atoms with van der Waals surface area (Å²) in [6.45, 7) is 11.4. The van der Waals surface area contributed by atoms with Crippen LogP contribution in [0.2, 0.25) is 0 Å². The smallest absolute Gasteiger partial charge is 0.305 e. The molecule has 7 nitrogen and oxygen atoms in total. The molecule has 4 saturated carbocycles. The summed E-state index contributed by atoms with van der Waals surface area (Å²) in [4.78, 5) is 14.8. The van der Waals surface area contributed by atoms with Crippen molar-refractivity contribution in [3.05, 3.63) is 0 Å². The normalized spacial score (nSPS) is 47.0. The summed E-state index contributed by atoms with van der Waals surface area (Å²) in [5.41, 5.74) is -0.126. The Balaban J connectivity index is 1.19. The summed E-state index contributed by atoms with van der Waals surface area (Å²) in [5.74, 6) is 1.75. The van der Waals surface area contributed by atoms with Crippen molar-refractivity contribution in [1.29, 1.82) is 0 Å². The van der Waals surface area contributed by atoms with Gasteiger partial charge in [0.2, 0.25) is 0 Å². The number of carbonyl (C=O) groups excluding carboxylic acids is 1.